The van der Waals surface area contributed by atoms with Crippen LogP contribution in [0.1, 0.15) is 30.6 Å². The Morgan fingerprint density at radius 3 is 2.59 bits per heavy atom. The first-order valence-electron chi connectivity index (χ1n) is 12.3. The molecule has 1 atom stereocenters. The molecule has 2 heterocycles. The third kappa shape index (κ3) is 5.44. The lowest BCUT2D eigenvalue weighted by Crippen LogP contribution is -2.29. The van der Waals surface area contributed by atoms with Gasteiger partial charge in [0.2, 0.25) is 0 Å². The zero-order valence-electron chi connectivity index (χ0n) is 21.8. The van der Waals surface area contributed by atoms with Crippen LogP contribution in [0.3, 0.4) is 0 Å². The van der Waals surface area contributed by atoms with Crippen LogP contribution in [0, 0.1) is 11.7 Å². The Morgan fingerprint density at radius 2 is 1.92 bits per heavy atom. The number of methoxy groups -OCH3 is 1. The fourth-order valence-corrected chi connectivity index (χ4v) is 4.53. The maximum absolute atomic E-state index is 15.6. The second kappa shape index (κ2) is 11.0. The predicted molar refractivity (Wildman–Crippen MR) is 145 cm³/mol. The number of aromatic nitrogens is 2. The van der Waals surface area contributed by atoms with Crippen molar-refractivity contribution < 1.29 is 19.0 Å². The van der Waals surface area contributed by atoms with Gasteiger partial charge < -0.3 is 25.0 Å². The highest BCUT2D eigenvalue weighted by Crippen LogP contribution is 2.37. The number of H-pyrrole nitrogens is 1. The third-order valence-electron chi connectivity index (χ3n) is 6.31. The van der Waals surface area contributed by atoms with Crippen molar-refractivity contribution in [2.24, 2.45) is 5.92 Å². The molecule has 0 aliphatic rings. The van der Waals surface area contributed by atoms with E-state index in [0.717, 1.165) is 22.3 Å². The molecule has 7 nitrogen and oxygen atoms in total. The molecule has 4 aromatic rings. The minimum atomic E-state index is -0.566. The average molecular weight is 505 g/mol. The lowest BCUT2D eigenvalue weighted by atomic mass is 9.98. The number of aliphatic hydroxyl groups excluding tert-OH is 1. The van der Waals surface area contributed by atoms with Gasteiger partial charge in [-0.2, -0.15) is 0 Å². The number of carbonyl (C=O) groups is 1. The first-order valence-corrected chi connectivity index (χ1v) is 12.3. The third-order valence-corrected chi connectivity index (χ3v) is 6.31. The van der Waals surface area contributed by atoms with Gasteiger partial charge in [-0.25, -0.2) is 9.37 Å². The number of hydrogen-bond acceptors (Lipinski definition) is 5. The molecular formula is C29H33FN4O3. The van der Waals surface area contributed by atoms with E-state index in [-0.39, 0.29) is 35.7 Å². The van der Waals surface area contributed by atoms with Crippen molar-refractivity contribution in [3.05, 3.63) is 66.2 Å². The second-order valence-electron chi connectivity index (χ2n) is 9.76. The number of aliphatic hydroxyl groups is 1. The van der Waals surface area contributed by atoms with Gasteiger partial charge in [0, 0.05) is 54.6 Å². The molecule has 0 aliphatic carbocycles. The number of anilines is 1. The van der Waals surface area contributed by atoms with E-state index in [1.54, 1.807) is 33.5 Å². The van der Waals surface area contributed by atoms with Gasteiger partial charge in [-0.1, -0.05) is 32.0 Å². The number of amides is 1. The summed E-state index contributed by atoms with van der Waals surface area (Å²) < 4.78 is 21.1. The van der Waals surface area contributed by atoms with E-state index < -0.39 is 5.82 Å². The van der Waals surface area contributed by atoms with Gasteiger partial charge in [-0.05, 0) is 42.2 Å². The molecule has 0 saturated heterocycles. The number of ether oxygens (including phenoxy) is 1. The second-order valence-corrected chi connectivity index (χ2v) is 9.76. The van der Waals surface area contributed by atoms with Crippen molar-refractivity contribution in [1.82, 2.24) is 14.9 Å². The Labute approximate surface area is 216 Å². The first-order chi connectivity index (χ1) is 17.7. The Hall–Kier alpha value is -3.91. The Balaban J connectivity index is 1.83. The number of rotatable bonds is 9. The molecule has 3 N–H and O–H groups in total. The van der Waals surface area contributed by atoms with Crippen LogP contribution in [0.4, 0.5) is 10.1 Å². The van der Waals surface area contributed by atoms with Crippen molar-refractivity contribution in [3.8, 4) is 28.0 Å². The number of para-hydroxylation sites is 1. The van der Waals surface area contributed by atoms with Crippen molar-refractivity contribution in [1.29, 1.82) is 0 Å². The molecule has 0 bridgehead atoms. The van der Waals surface area contributed by atoms with E-state index in [1.807, 2.05) is 50.4 Å². The molecule has 37 heavy (non-hydrogen) atoms. The number of fused-ring (bicyclic) bond motifs is 1. The fourth-order valence-electron chi connectivity index (χ4n) is 4.53. The summed E-state index contributed by atoms with van der Waals surface area (Å²) in [7, 11) is 4.88. The van der Waals surface area contributed by atoms with Crippen molar-refractivity contribution >= 4 is 22.6 Å². The van der Waals surface area contributed by atoms with Crippen LogP contribution < -0.4 is 10.1 Å². The van der Waals surface area contributed by atoms with Gasteiger partial charge in [0.15, 0.2) is 0 Å². The number of carbonyl (C=O) groups excluding carboxylic acids is 1. The van der Waals surface area contributed by atoms with Gasteiger partial charge in [0.25, 0.3) is 5.91 Å². The monoisotopic (exact) mass is 504 g/mol. The van der Waals surface area contributed by atoms with Gasteiger partial charge in [-0.3, -0.25) is 4.79 Å². The molecule has 194 valence electrons. The smallest absolute Gasteiger partial charge is 0.255 e. The van der Waals surface area contributed by atoms with E-state index in [0.29, 0.717) is 23.2 Å². The Kier molecular flexibility index (Phi) is 7.78. The summed E-state index contributed by atoms with van der Waals surface area (Å²) >= 11 is 0. The quantitative estimate of drug-likeness (QED) is 0.277. The molecule has 0 aliphatic heterocycles. The average Bonchev–Trinajstić information content (AvgIpc) is 3.31. The summed E-state index contributed by atoms with van der Waals surface area (Å²) in [6.45, 7) is 3.88. The highest BCUT2D eigenvalue weighted by atomic mass is 19.1. The van der Waals surface area contributed by atoms with Crippen LogP contribution in [-0.2, 0) is 0 Å². The topological polar surface area (TPSA) is 90.5 Å². The maximum Gasteiger partial charge on any atom is 0.255 e. The summed E-state index contributed by atoms with van der Waals surface area (Å²) in [5.74, 6) is 0.115. The van der Waals surface area contributed by atoms with E-state index in [1.165, 1.54) is 11.0 Å². The lowest BCUT2D eigenvalue weighted by molar-refractivity contribution is 0.0828. The highest BCUT2D eigenvalue weighted by molar-refractivity contribution is 6.02. The predicted octanol–water partition coefficient (Wildman–Crippen LogP) is 5.57. The van der Waals surface area contributed by atoms with E-state index in [2.05, 4.69) is 15.3 Å². The standard InChI is InChI=1S/C29H33FN4O3/c1-17(2)10-20(16-35)33-27-23(29(36)34(3)4)11-18(13-25(27)30)19-12-22-24(15-32-28(22)31-14-19)21-8-6-7-9-26(21)37-5/h6-9,11-15,17,20,33,35H,10,16H2,1-5H3,(H,31,32)/t20-/m0/s1. The number of pyridine rings is 1. The number of halogens is 1. The molecule has 8 heteroatoms. The SMILES string of the molecule is COc1ccccc1-c1c[nH]c2ncc(-c3cc(F)c(N[C@H](CO)CC(C)C)c(C(=O)N(C)C)c3)cc12. The maximum atomic E-state index is 15.6. The van der Waals surface area contributed by atoms with Gasteiger partial charge in [0.1, 0.15) is 17.2 Å². The zero-order chi connectivity index (χ0) is 26.7. The summed E-state index contributed by atoms with van der Waals surface area (Å²) in [6.07, 6.45) is 4.16. The molecular weight excluding hydrogens is 471 g/mol. The molecule has 1 amide bonds. The molecule has 2 aromatic heterocycles. The van der Waals surface area contributed by atoms with E-state index in [9.17, 15) is 9.90 Å². The molecule has 2 aromatic carbocycles. The van der Waals surface area contributed by atoms with Crippen LogP contribution >= 0.6 is 0 Å². The largest absolute Gasteiger partial charge is 0.496 e. The van der Waals surface area contributed by atoms with E-state index >= 15 is 4.39 Å². The molecule has 0 fully saturated rings. The molecule has 0 saturated carbocycles. The lowest BCUT2D eigenvalue weighted by Gasteiger charge is -2.23. The van der Waals surface area contributed by atoms with Crippen LogP contribution in [0.5, 0.6) is 5.75 Å². The number of benzene rings is 2. The summed E-state index contributed by atoms with van der Waals surface area (Å²) in [5.41, 5.74) is 3.98. The number of aromatic amines is 1. The molecule has 4 rings (SSSR count). The molecule has 0 spiro atoms. The summed E-state index contributed by atoms with van der Waals surface area (Å²) in [5, 5.41) is 13.8. The molecule has 0 unspecified atom stereocenters. The number of nitrogens with zero attached hydrogens (tertiary/aromatic N) is 2. The Bertz CT molecular complexity index is 1410. The normalized spacial score (nSPS) is 12.1. The Morgan fingerprint density at radius 1 is 1.16 bits per heavy atom. The van der Waals surface area contributed by atoms with Crippen molar-refractivity contribution in [2.45, 2.75) is 26.3 Å². The number of nitrogens with one attached hydrogen (secondary N) is 2. The fraction of sp³-hybridized carbons (Fsp3) is 0.310. The summed E-state index contributed by atoms with van der Waals surface area (Å²) in [4.78, 5) is 22.2. The number of hydrogen-bond donors (Lipinski definition) is 3. The van der Waals surface area contributed by atoms with Gasteiger partial charge in [0.05, 0.1) is 25.0 Å². The minimum Gasteiger partial charge on any atom is -0.496 e. The van der Waals surface area contributed by atoms with Crippen LogP contribution in [-0.4, -0.2) is 59.7 Å². The summed E-state index contributed by atoms with van der Waals surface area (Å²) in [6, 6.07) is 12.3. The van der Waals surface area contributed by atoms with E-state index in [4.69, 9.17) is 4.74 Å². The highest BCUT2D eigenvalue weighted by Gasteiger charge is 2.22. The van der Waals surface area contributed by atoms with Gasteiger partial charge >= 0.3 is 0 Å². The van der Waals surface area contributed by atoms with Crippen LogP contribution in [0.25, 0.3) is 33.3 Å². The zero-order valence-corrected chi connectivity index (χ0v) is 21.8. The van der Waals surface area contributed by atoms with Gasteiger partial charge in [-0.15, -0.1) is 0 Å². The van der Waals surface area contributed by atoms with Crippen LogP contribution in [0.15, 0.2) is 54.9 Å². The van der Waals surface area contributed by atoms with Crippen molar-refractivity contribution in [3.63, 3.8) is 0 Å². The first kappa shape index (κ1) is 26.2. The van der Waals surface area contributed by atoms with Crippen molar-refractivity contribution in [2.75, 3.05) is 33.1 Å². The molecule has 0 radical (unpaired) electrons. The van der Waals surface area contributed by atoms with Crippen LogP contribution in [0.2, 0.25) is 0 Å². The minimum absolute atomic E-state index is 0.0903.